The Morgan fingerprint density at radius 1 is 1.32 bits per heavy atom. The van der Waals surface area contributed by atoms with Crippen molar-refractivity contribution in [1.82, 2.24) is 9.97 Å². The van der Waals surface area contributed by atoms with Crippen LogP contribution < -0.4 is 15.0 Å². The van der Waals surface area contributed by atoms with Gasteiger partial charge in [0.05, 0.1) is 11.1 Å². The first-order valence-corrected chi connectivity index (χ1v) is 10.4. The molecule has 1 N–H and O–H groups in total. The van der Waals surface area contributed by atoms with Crippen LogP contribution in [-0.4, -0.2) is 35.0 Å². The Bertz CT molecular complexity index is 1250. The molecule has 1 unspecified atom stereocenters. The summed E-state index contributed by atoms with van der Waals surface area (Å²) in [5.41, 5.74) is 2.01. The lowest BCUT2D eigenvalue weighted by Gasteiger charge is -2.12. The number of aryl methyl sites for hydroxylation is 2. The van der Waals surface area contributed by atoms with Crippen molar-refractivity contribution in [3.05, 3.63) is 50.4 Å². The van der Waals surface area contributed by atoms with Gasteiger partial charge in [-0.25, -0.2) is 9.78 Å². The van der Waals surface area contributed by atoms with Gasteiger partial charge in [0.25, 0.3) is 5.56 Å². The average molecular weight is 443 g/mol. The minimum atomic E-state index is -0.741. The summed E-state index contributed by atoms with van der Waals surface area (Å²) in [6.45, 7) is 7.02. The van der Waals surface area contributed by atoms with Crippen LogP contribution in [0.4, 0.5) is 0 Å². The normalized spacial score (nSPS) is 14.0. The van der Waals surface area contributed by atoms with E-state index in [1.807, 2.05) is 19.9 Å². The molecule has 31 heavy (non-hydrogen) atoms. The Kier molecular flexibility index (Phi) is 5.64. The number of hydrogen-bond donors (Lipinski definition) is 1. The van der Waals surface area contributed by atoms with Gasteiger partial charge >= 0.3 is 5.97 Å². The van der Waals surface area contributed by atoms with Crippen molar-refractivity contribution in [2.45, 2.75) is 33.8 Å². The number of esters is 1. The Morgan fingerprint density at radius 3 is 2.90 bits per heavy atom. The van der Waals surface area contributed by atoms with Gasteiger partial charge in [-0.3, -0.25) is 4.79 Å². The molecule has 0 saturated carbocycles. The maximum atomic E-state index is 12.4. The molecule has 1 aliphatic rings. The molecular formula is C21H21N3O6S. The van der Waals surface area contributed by atoms with Crippen LogP contribution in [0, 0.1) is 13.8 Å². The van der Waals surface area contributed by atoms with Gasteiger partial charge in [0.2, 0.25) is 13.4 Å². The predicted octanol–water partition coefficient (Wildman–Crippen LogP) is 3.38. The monoisotopic (exact) mass is 443 g/mol. The van der Waals surface area contributed by atoms with Gasteiger partial charge in [-0.15, -0.1) is 11.3 Å². The van der Waals surface area contributed by atoms with Gasteiger partial charge in [-0.1, -0.05) is 5.16 Å². The lowest BCUT2D eigenvalue weighted by molar-refractivity contribution is -0.154. The maximum absolute atomic E-state index is 12.4. The summed E-state index contributed by atoms with van der Waals surface area (Å²) in [5.74, 6) is 0.964. The van der Waals surface area contributed by atoms with Crippen LogP contribution >= 0.6 is 11.3 Å². The summed E-state index contributed by atoms with van der Waals surface area (Å²) in [6.07, 6.45) is -0.741. The fourth-order valence-electron chi connectivity index (χ4n) is 3.11. The van der Waals surface area contributed by atoms with Crippen LogP contribution in [0.15, 0.2) is 28.1 Å². The minimum absolute atomic E-state index is 0.189. The molecule has 9 nitrogen and oxygen atoms in total. The van der Waals surface area contributed by atoms with E-state index in [1.165, 1.54) is 11.3 Å². The first-order chi connectivity index (χ1) is 14.8. The van der Waals surface area contributed by atoms with Crippen LogP contribution in [0.25, 0.3) is 10.2 Å². The largest absolute Gasteiger partial charge is 0.454 e. The third-order valence-electron chi connectivity index (χ3n) is 4.92. The summed E-state index contributed by atoms with van der Waals surface area (Å²) in [7, 11) is 0. The number of H-pyrrole nitrogens is 1. The number of carbonyl (C=O) groups excluding carboxylic acids is 1. The molecule has 0 bridgehead atoms. The topological polar surface area (TPSA) is 112 Å². The number of benzene rings is 1. The first-order valence-electron chi connectivity index (χ1n) is 9.59. The van der Waals surface area contributed by atoms with E-state index in [4.69, 9.17) is 19.0 Å². The van der Waals surface area contributed by atoms with E-state index < -0.39 is 12.1 Å². The highest BCUT2D eigenvalue weighted by Gasteiger charge is 2.19. The van der Waals surface area contributed by atoms with Gasteiger partial charge in [0, 0.05) is 10.4 Å². The minimum Gasteiger partial charge on any atom is -0.454 e. The predicted molar refractivity (Wildman–Crippen MR) is 115 cm³/mol. The molecule has 1 aromatic carbocycles. The number of oxime groups is 1. The molecule has 1 aliphatic heterocycles. The molecule has 3 aromatic rings. The number of nitrogens with one attached hydrogen (secondary N) is 1. The Labute approximate surface area is 181 Å². The van der Waals surface area contributed by atoms with Gasteiger partial charge < -0.3 is 24.0 Å². The maximum Gasteiger partial charge on any atom is 0.347 e. The zero-order valence-electron chi connectivity index (χ0n) is 17.5. The molecule has 0 aliphatic carbocycles. The van der Waals surface area contributed by atoms with Crippen molar-refractivity contribution in [3.8, 4) is 11.5 Å². The van der Waals surface area contributed by atoms with Crippen molar-refractivity contribution in [2.24, 2.45) is 5.16 Å². The summed E-state index contributed by atoms with van der Waals surface area (Å²) >= 11 is 1.43. The summed E-state index contributed by atoms with van der Waals surface area (Å²) in [5, 5.41) is 4.53. The van der Waals surface area contributed by atoms with E-state index in [9.17, 15) is 9.59 Å². The second-order valence-electron chi connectivity index (χ2n) is 7.06. The molecular weight excluding hydrogens is 422 g/mol. The van der Waals surface area contributed by atoms with E-state index in [2.05, 4.69) is 15.1 Å². The number of fused-ring (bicyclic) bond motifs is 2. The number of hydrogen-bond acceptors (Lipinski definition) is 9. The molecule has 3 heterocycles. The molecule has 1 atom stereocenters. The number of thiophene rings is 1. The molecule has 0 radical (unpaired) electrons. The molecule has 162 valence electrons. The summed E-state index contributed by atoms with van der Waals surface area (Å²) in [6, 6.07) is 5.40. The Balaban J connectivity index is 1.37. The zero-order chi connectivity index (χ0) is 22.1. The molecule has 2 aromatic heterocycles. The number of nitrogens with zero attached hydrogens (tertiary/aromatic N) is 2. The van der Waals surface area contributed by atoms with Crippen molar-refractivity contribution in [1.29, 1.82) is 0 Å². The number of carbonyl (C=O) groups is 1. The van der Waals surface area contributed by atoms with E-state index in [0.29, 0.717) is 27.4 Å². The second kappa shape index (κ2) is 8.38. The van der Waals surface area contributed by atoms with Crippen LogP contribution in [0.1, 0.15) is 41.8 Å². The highest BCUT2D eigenvalue weighted by molar-refractivity contribution is 7.18. The second-order valence-corrected chi connectivity index (χ2v) is 8.27. The quantitative estimate of drug-likeness (QED) is 0.353. The average Bonchev–Trinajstić information content (AvgIpc) is 3.31. The Morgan fingerprint density at radius 2 is 2.10 bits per heavy atom. The van der Waals surface area contributed by atoms with E-state index in [1.54, 1.807) is 26.0 Å². The Hall–Kier alpha value is -3.40. The van der Waals surface area contributed by atoms with E-state index >= 15 is 0 Å². The number of rotatable bonds is 6. The third-order valence-corrected chi connectivity index (χ3v) is 6.03. The molecule has 4 rings (SSSR count). The van der Waals surface area contributed by atoms with Gasteiger partial charge in [0.1, 0.15) is 4.83 Å². The fraction of sp³-hybridized carbons (Fsp3) is 0.333. The highest BCUT2D eigenvalue weighted by atomic mass is 32.1. The number of ether oxygens (including phenoxy) is 3. The molecule has 0 amide bonds. The van der Waals surface area contributed by atoms with Crippen LogP contribution in [0.3, 0.4) is 0 Å². The van der Waals surface area contributed by atoms with E-state index in [-0.39, 0.29) is 24.8 Å². The van der Waals surface area contributed by atoms with Crippen LogP contribution in [0.2, 0.25) is 0 Å². The van der Waals surface area contributed by atoms with Crippen LogP contribution in [-0.2, 0) is 14.4 Å². The standard InChI is InChI=1S/C21H21N3O6S/c1-10-13(4)31-21-18(10)20(26)22-19(23-21)12(3)30-17(25)8-29-24-11(2)14-5-6-15-16(7-14)28-9-27-15/h5-7,12H,8-9H2,1-4H3,(H,22,23,26)/b24-11+. The van der Waals surface area contributed by atoms with Crippen molar-refractivity contribution in [3.63, 3.8) is 0 Å². The van der Waals surface area contributed by atoms with Crippen molar-refractivity contribution < 1.29 is 23.8 Å². The number of aromatic amines is 1. The third kappa shape index (κ3) is 4.24. The van der Waals surface area contributed by atoms with Crippen molar-refractivity contribution in [2.75, 3.05) is 13.4 Å². The zero-order valence-corrected chi connectivity index (χ0v) is 18.3. The molecule has 0 saturated heterocycles. The van der Waals surface area contributed by atoms with Gasteiger partial charge in [-0.2, -0.15) is 0 Å². The number of aromatic nitrogens is 2. The summed E-state index contributed by atoms with van der Waals surface area (Å²) < 4.78 is 15.9. The van der Waals surface area contributed by atoms with Crippen molar-refractivity contribution >= 4 is 33.2 Å². The van der Waals surface area contributed by atoms with Gasteiger partial charge in [0.15, 0.2) is 23.4 Å². The fourth-order valence-corrected chi connectivity index (χ4v) is 4.14. The smallest absolute Gasteiger partial charge is 0.347 e. The van der Waals surface area contributed by atoms with Gasteiger partial charge in [-0.05, 0) is 51.5 Å². The lowest BCUT2D eigenvalue weighted by atomic mass is 10.1. The van der Waals surface area contributed by atoms with E-state index in [0.717, 1.165) is 16.0 Å². The highest BCUT2D eigenvalue weighted by Crippen LogP contribution is 2.32. The van der Waals surface area contributed by atoms with Crippen LogP contribution in [0.5, 0.6) is 11.5 Å². The SMILES string of the molecule is C/C(=N\OCC(=O)OC(C)c1nc2sc(C)c(C)c2c(=O)[nH]1)c1ccc2c(c1)OCO2. The molecule has 0 spiro atoms. The molecule has 0 fully saturated rings. The summed E-state index contributed by atoms with van der Waals surface area (Å²) in [4.78, 5) is 38.4. The lowest BCUT2D eigenvalue weighted by Crippen LogP contribution is -2.19. The first kappa shape index (κ1) is 20.9. The molecule has 10 heteroatoms.